The third-order valence-electron chi connectivity index (χ3n) is 4.35. The van der Waals surface area contributed by atoms with Crippen LogP contribution in [0.15, 0.2) is 36.7 Å². The third-order valence-corrected chi connectivity index (χ3v) is 4.64. The van der Waals surface area contributed by atoms with E-state index in [9.17, 15) is 9.18 Å². The van der Waals surface area contributed by atoms with Crippen molar-refractivity contribution in [2.45, 2.75) is 13.3 Å². The minimum absolute atomic E-state index is 0.0170. The quantitative estimate of drug-likeness (QED) is 0.711. The van der Waals surface area contributed by atoms with Crippen molar-refractivity contribution in [2.24, 2.45) is 0 Å². The first kappa shape index (κ1) is 17.5. The molecule has 138 valence electrons. The number of anilines is 3. The molecule has 3 aromatic rings. The van der Waals surface area contributed by atoms with Crippen LogP contribution < -0.4 is 15.0 Å². The lowest BCUT2D eigenvalue weighted by molar-refractivity contribution is -0.116. The number of hydrogen-bond donors (Lipinski definition) is 1. The molecule has 0 saturated heterocycles. The maximum Gasteiger partial charge on any atom is 0.223 e. The number of aromatic nitrogens is 2. The standard InChI is InChI=1S/C19H16ClFN4O2/c1-11(26)25-5-2-6-27-18-9-16-13(8-17(18)25)19(23-10-22-16)24-12-3-4-15(21)14(20)7-12/h3-4,7-10H,2,5-6H2,1H3,(H,22,23,24). The Morgan fingerprint density at radius 3 is 2.93 bits per heavy atom. The Labute approximate surface area is 159 Å². The molecule has 27 heavy (non-hydrogen) atoms. The van der Waals surface area contributed by atoms with E-state index in [4.69, 9.17) is 16.3 Å². The van der Waals surface area contributed by atoms with Gasteiger partial charge in [-0.15, -0.1) is 0 Å². The van der Waals surface area contributed by atoms with Gasteiger partial charge in [-0.1, -0.05) is 11.6 Å². The van der Waals surface area contributed by atoms with E-state index in [2.05, 4.69) is 15.3 Å². The lowest BCUT2D eigenvalue weighted by Crippen LogP contribution is -2.28. The molecule has 0 radical (unpaired) electrons. The van der Waals surface area contributed by atoms with Gasteiger partial charge in [0.05, 0.1) is 22.8 Å². The Morgan fingerprint density at radius 2 is 2.15 bits per heavy atom. The van der Waals surface area contributed by atoms with Crippen molar-refractivity contribution in [3.63, 3.8) is 0 Å². The fourth-order valence-corrected chi connectivity index (χ4v) is 3.24. The summed E-state index contributed by atoms with van der Waals surface area (Å²) in [6.07, 6.45) is 2.18. The van der Waals surface area contributed by atoms with Gasteiger partial charge in [0.15, 0.2) is 0 Å². The smallest absolute Gasteiger partial charge is 0.223 e. The first-order valence-corrected chi connectivity index (χ1v) is 8.82. The van der Waals surface area contributed by atoms with Gasteiger partial charge in [-0.3, -0.25) is 4.79 Å². The molecule has 0 fully saturated rings. The van der Waals surface area contributed by atoms with Crippen LogP contribution in [0.5, 0.6) is 5.75 Å². The summed E-state index contributed by atoms with van der Waals surface area (Å²) in [6.45, 7) is 2.64. The number of fused-ring (bicyclic) bond motifs is 2. The van der Waals surface area contributed by atoms with Crippen LogP contribution in [0.2, 0.25) is 5.02 Å². The SMILES string of the molecule is CC(=O)N1CCCOc2cc3ncnc(Nc4ccc(F)c(Cl)c4)c3cc21. The number of hydrogen-bond acceptors (Lipinski definition) is 5. The fraction of sp³-hybridized carbons (Fsp3) is 0.211. The molecule has 8 heteroatoms. The summed E-state index contributed by atoms with van der Waals surface area (Å²) in [5.41, 5.74) is 1.95. The minimum atomic E-state index is -0.491. The second-order valence-corrected chi connectivity index (χ2v) is 6.59. The van der Waals surface area contributed by atoms with Crippen LogP contribution in [0.4, 0.5) is 21.6 Å². The molecule has 1 aromatic heterocycles. The van der Waals surface area contributed by atoms with Crippen LogP contribution in [0.25, 0.3) is 10.9 Å². The average molecular weight is 387 g/mol. The molecule has 0 saturated carbocycles. The predicted octanol–water partition coefficient (Wildman–Crippen LogP) is 4.30. The summed E-state index contributed by atoms with van der Waals surface area (Å²) in [7, 11) is 0. The molecule has 1 N–H and O–H groups in total. The van der Waals surface area contributed by atoms with Crippen LogP contribution in [0.1, 0.15) is 13.3 Å². The van der Waals surface area contributed by atoms with Gasteiger partial charge in [0.2, 0.25) is 5.91 Å². The highest BCUT2D eigenvalue weighted by molar-refractivity contribution is 6.31. The monoisotopic (exact) mass is 386 g/mol. The van der Waals surface area contributed by atoms with Gasteiger partial charge < -0.3 is 15.0 Å². The van der Waals surface area contributed by atoms with Crippen LogP contribution >= 0.6 is 11.6 Å². The van der Waals surface area contributed by atoms with Gasteiger partial charge in [0.1, 0.15) is 23.7 Å². The van der Waals surface area contributed by atoms with Crippen molar-refractivity contribution >= 4 is 45.6 Å². The Balaban J connectivity index is 1.82. The highest BCUT2D eigenvalue weighted by Crippen LogP contribution is 2.37. The second kappa shape index (κ2) is 7.00. The summed E-state index contributed by atoms with van der Waals surface area (Å²) >= 11 is 5.86. The summed E-state index contributed by atoms with van der Waals surface area (Å²) in [5, 5.41) is 3.87. The molecule has 0 bridgehead atoms. The summed E-state index contributed by atoms with van der Waals surface area (Å²) in [4.78, 5) is 22.4. The van der Waals surface area contributed by atoms with Gasteiger partial charge in [0.25, 0.3) is 0 Å². The summed E-state index contributed by atoms with van der Waals surface area (Å²) < 4.78 is 19.2. The maximum absolute atomic E-state index is 13.4. The third kappa shape index (κ3) is 3.38. The van der Waals surface area contributed by atoms with Crippen molar-refractivity contribution < 1.29 is 13.9 Å². The number of nitrogens with zero attached hydrogens (tertiary/aromatic N) is 3. The highest BCUT2D eigenvalue weighted by Gasteiger charge is 2.21. The van der Waals surface area contributed by atoms with E-state index in [1.165, 1.54) is 25.4 Å². The van der Waals surface area contributed by atoms with E-state index in [0.29, 0.717) is 47.0 Å². The lowest BCUT2D eigenvalue weighted by Gasteiger charge is -2.21. The zero-order chi connectivity index (χ0) is 19.0. The Bertz CT molecular complexity index is 1040. The number of ether oxygens (including phenoxy) is 1. The lowest BCUT2D eigenvalue weighted by atomic mass is 10.1. The topological polar surface area (TPSA) is 67.4 Å². The number of nitrogens with one attached hydrogen (secondary N) is 1. The highest BCUT2D eigenvalue weighted by atomic mass is 35.5. The number of benzene rings is 2. The molecular weight excluding hydrogens is 371 g/mol. The van der Waals surface area contributed by atoms with Gasteiger partial charge >= 0.3 is 0 Å². The van der Waals surface area contributed by atoms with E-state index >= 15 is 0 Å². The van der Waals surface area contributed by atoms with Crippen LogP contribution in [0.3, 0.4) is 0 Å². The molecule has 4 rings (SSSR count). The van der Waals surface area contributed by atoms with E-state index in [0.717, 1.165) is 6.42 Å². The molecule has 0 unspecified atom stereocenters. The molecule has 1 aliphatic heterocycles. The molecule has 2 heterocycles. The second-order valence-electron chi connectivity index (χ2n) is 6.19. The van der Waals surface area contributed by atoms with Crippen molar-refractivity contribution in [1.82, 2.24) is 9.97 Å². The van der Waals surface area contributed by atoms with E-state index in [-0.39, 0.29) is 10.9 Å². The van der Waals surface area contributed by atoms with Crippen LogP contribution in [-0.4, -0.2) is 29.0 Å². The normalized spacial score (nSPS) is 13.7. The molecule has 6 nitrogen and oxygen atoms in total. The summed E-state index contributed by atoms with van der Waals surface area (Å²) in [5.74, 6) is 0.593. The number of halogens is 2. The molecule has 1 amide bonds. The zero-order valence-corrected chi connectivity index (χ0v) is 15.3. The molecule has 2 aromatic carbocycles. The maximum atomic E-state index is 13.4. The van der Waals surface area contributed by atoms with Gasteiger partial charge in [-0.05, 0) is 30.7 Å². The number of amides is 1. The Morgan fingerprint density at radius 1 is 1.30 bits per heavy atom. The molecule has 0 aliphatic carbocycles. The predicted molar refractivity (Wildman–Crippen MR) is 102 cm³/mol. The first-order valence-electron chi connectivity index (χ1n) is 8.44. The summed E-state index contributed by atoms with van der Waals surface area (Å²) in [6, 6.07) is 7.98. The van der Waals surface area contributed by atoms with Gasteiger partial charge in [-0.25, -0.2) is 14.4 Å². The average Bonchev–Trinajstić information content (AvgIpc) is 2.85. The largest absolute Gasteiger partial charge is 0.491 e. The van der Waals surface area contributed by atoms with Gasteiger partial charge in [-0.2, -0.15) is 0 Å². The molecule has 1 aliphatic rings. The number of carbonyl (C=O) groups is 1. The molecule has 0 spiro atoms. The Kier molecular flexibility index (Phi) is 4.53. The van der Waals surface area contributed by atoms with Crippen LogP contribution in [-0.2, 0) is 4.79 Å². The van der Waals surface area contributed by atoms with Gasteiger partial charge in [0, 0.05) is 30.6 Å². The van der Waals surface area contributed by atoms with E-state index in [1.807, 2.05) is 6.07 Å². The van der Waals surface area contributed by atoms with Crippen molar-refractivity contribution in [3.8, 4) is 5.75 Å². The number of carbonyl (C=O) groups excluding carboxylic acids is 1. The Hall–Kier alpha value is -2.93. The van der Waals surface area contributed by atoms with Crippen molar-refractivity contribution in [3.05, 3.63) is 47.5 Å². The molecule has 0 atom stereocenters. The van der Waals surface area contributed by atoms with E-state index in [1.54, 1.807) is 17.0 Å². The number of rotatable bonds is 2. The van der Waals surface area contributed by atoms with Crippen LogP contribution in [0, 0.1) is 5.82 Å². The van der Waals surface area contributed by atoms with Crippen molar-refractivity contribution in [1.29, 1.82) is 0 Å². The molecular formula is C19H16ClFN4O2. The fourth-order valence-electron chi connectivity index (χ4n) is 3.06. The zero-order valence-electron chi connectivity index (χ0n) is 14.5. The minimum Gasteiger partial charge on any atom is -0.491 e. The first-order chi connectivity index (χ1) is 13.0. The van der Waals surface area contributed by atoms with Crippen molar-refractivity contribution in [2.75, 3.05) is 23.4 Å². The van der Waals surface area contributed by atoms with E-state index < -0.39 is 5.82 Å².